The van der Waals surface area contributed by atoms with E-state index in [1.807, 2.05) is 24.3 Å². The molecule has 0 aliphatic carbocycles. The fourth-order valence-corrected chi connectivity index (χ4v) is 2.17. The second-order valence-corrected chi connectivity index (χ2v) is 5.07. The number of hydrogen-bond acceptors (Lipinski definition) is 1. The van der Waals surface area contributed by atoms with Gasteiger partial charge in [0.2, 0.25) is 0 Å². The van der Waals surface area contributed by atoms with E-state index in [4.69, 9.17) is 0 Å². The largest absolute Gasteiger partial charge is 0.294 e. The van der Waals surface area contributed by atoms with Gasteiger partial charge in [0.1, 0.15) is 0 Å². The van der Waals surface area contributed by atoms with Crippen molar-refractivity contribution < 1.29 is 4.79 Å². The molecule has 0 fully saturated rings. The molecule has 2 aromatic rings. The number of rotatable bonds is 4. The third kappa shape index (κ3) is 3.31. The van der Waals surface area contributed by atoms with Crippen LogP contribution < -0.4 is 0 Å². The number of ketones is 1. The minimum Gasteiger partial charge on any atom is -0.294 e. The third-order valence-electron chi connectivity index (χ3n) is 3.59. The van der Waals surface area contributed by atoms with Crippen LogP contribution in [0.2, 0.25) is 0 Å². The molecular formula is C18H20O. The molecule has 1 heteroatoms. The SMILES string of the molecule is CCc1cccc(C(=O)Cc2ccc(C)c(C)c2)c1. The quantitative estimate of drug-likeness (QED) is 0.742. The summed E-state index contributed by atoms with van der Waals surface area (Å²) < 4.78 is 0. The van der Waals surface area contributed by atoms with E-state index < -0.39 is 0 Å². The first kappa shape index (κ1) is 13.5. The summed E-state index contributed by atoms with van der Waals surface area (Å²) in [6, 6.07) is 14.2. The predicted octanol–water partition coefficient (Wildman–Crippen LogP) is 4.29. The van der Waals surface area contributed by atoms with Gasteiger partial charge < -0.3 is 0 Å². The van der Waals surface area contributed by atoms with Crippen LogP contribution in [0, 0.1) is 13.8 Å². The maximum absolute atomic E-state index is 12.3. The van der Waals surface area contributed by atoms with E-state index in [9.17, 15) is 4.79 Å². The minimum atomic E-state index is 0.193. The van der Waals surface area contributed by atoms with E-state index in [0.717, 1.165) is 17.5 Å². The first-order chi connectivity index (χ1) is 9.10. The van der Waals surface area contributed by atoms with Crippen molar-refractivity contribution in [2.45, 2.75) is 33.6 Å². The van der Waals surface area contributed by atoms with Crippen molar-refractivity contribution in [1.82, 2.24) is 0 Å². The van der Waals surface area contributed by atoms with E-state index in [2.05, 4.69) is 39.0 Å². The Morgan fingerprint density at radius 1 is 0.947 bits per heavy atom. The van der Waals surface area contributed by atoms with E-state index in [-0.39, 0.29) is 5.78 Å². The Kier molecular flexibility index (Phi) is 4.16. The highest BCUT2D eigenvalue weighted by Crippen LogP contribution is 2.14. The molecule has 0 N–H and O–H groups in total. The number of Topliss-reactive ketones (excluding diaryl/α,β-unsaturated/α-hetero) is 1. The Bertz CT molecular complexity index is 596. The lowest BCUT2D eigenvalue weighted by molar-refractivity contribution is 0.0993. The molecule has 0 amide bonds. The molecule has 0 unspecified atom stereocenters. The minimum absolute atomic E-state index is 0.193. The van der Waals surface area contributed by atoms with Gasteiger partial charge in [0.05, 0.1) is 0 Å². The number of hydrogen-bond donors (Lipinski definition) is 0. The molecule has 1 nitrogen and oxygen atoms in total. The van der Waals surface area contributed by atoms with Crippen molar-refractivity contribution in [1.29, 1.82) is 0 Å². The Balaban J connectivity index is 2.18. The second kappa shape index (κ2) is 5.83. The van der Waals surface area contributed by atoms with Crippen LogP contribution >= 0.6 is 0 Å². The third-order valence-corrected chi connectivity index (χ3v) is 3.59. The monoisotopic (exact) mass is 252 g/mol. The maximum Gasteiger partial charge on any atom is 0.167 e. The normalized spacial score (nSPS) is 10.5. The zero-order chi connectivity index (χ0) is 13.8. The van der Waals surface area contributed by atoms with Crippen LogP contribution in [0.4, 0.5) is 0 Å². The molecule has 98 valence electrons. The van der Waals surface area contributed by atoms with Gasteiger partial charge in [-0.05, 0) is 48.6 Å². The number of aryl methyl sites for hydroxylation is 3. The number of benzene rings is 2. The zero-order valence-corrected chi connectivity index (χ0v) is 11.9. The lowest BCUT2D eigenvalue weighted by atomic mass is 9.98. The second-order valence-electron chi connectivity index (χ2n) is 5.07. The molecular weight excluding hydrogens is 232 g/mol. The smallest absolute Gasteiger partial charge is 0.167 e. The summed E-state index contributed by atoms with van der Waals surface area (Å²) in [5.41, 5.74) is 5.63. The van der Waals surface area contributed by atoms with Gasteiger partial charge in [-0.3, -0.25) is 4.79 Å². The summed E-state index contributed by atoms with van der Waals surface area (Å²) in [5.74, 6) is 0.193. The van der Waals surface area contributed by atoms with Gasteiger partial charge in [0.15, 0.2) is 5.78 Å². The fourth-order valence-electron chi connectivity index (χ4n) is 2.17. The Labute approximate surface area is 115 Å². The first-order valence-corrected chi connectivity index (χ1v) is 6.78. The molecule has 0 aromatic heterocycles. The van der Waals surface area contributed by atoms with Gasteiger partial charge >= 0.3 is 0 Å². The van der Waals surface area contributed by atoms with E-state index in [1.165, 1.54) is 16.7 Å². The lowest BCUT2D eigenvalue weighted by Gasteiger charge is -2.06. The van der Waals surface area contributed by atoms with Crippen LogP contribution in [-0.2, 0) is 12.8 Å². The standard InChI is InChI=1S/C18H20O/c1-4-15-6-5-7-17(11-15)18(19)12-16-9-8-13(2)14(3)10-16/h5-11H,4,12H2,1-3H3. The summed E-state index contributed by atoms with van der Waals surface area (Å²) in [7, 11) is 0. The fraction of sp³-hybridized carbons (Fsp3) is 0.278. The predicted molar refractivity (Wildman–Crippen MR) is 79.8 cm³/mol. The molecule has 0 saturated carbocycles. The van der Waals surface area contributed by atoms with Crippen LogP contribution in [0.25, 0.3) is 0 Å². The summed E-state index contributed by atoms with van der Waals surface area (Å²) in [4.78, 5) is 12.3. The molecule has 0 bridgehead atoms. The van der Waals surface area contributed by atoms with Crippen LogP contribution in [0.15, 0.2) is 42.5 Å². The molecule has 0 atom stereocenters. The van der Waals surface area contributed by atoms with E-state index in [1.54, 1.807) is 0 Å². The Hall–Kier alpha value is -1.89. The Morgan fingerprint density at radius 3 is 2.42 bits per heavy atom. The van der Waals surface area contributed by atoms with E-state index >= 15 is 0 Å². The van der Waals surface area contributed by atoms with Crippen molar-refractivity contribution in [2.75, 3.05) is 0 Å². The molecule has 0 aliphatic rings. The highest BCUT2D eigenvalue weighted by atomic mass is 16.1. The van der Waals surface area contributed by atoms with Crippen molar-refractivity contribution in [3.05, 3.63) is 70.3 Å². The summed E-state index contributed by atoms with van der Waals surface area (Å²) in [6.45, 7) is 6.28. The van der Waals surface area contributed by atoms with Crippen LogP contribution in [0.5, 0.6) is 0 Å². The zero-order valence-electron chi connectivity index (χ0n) is 11.9. The molecule has 0 heterocycles. The van der Waals surface area contributed by atoms with Crippen LogP contribution in [-0.4, -0.2) is 5.78 Å². The summed E-state index contributed by atoms with van der Waals surface area (Å²) in [5, 5.41) is 0. The molecule has 2 rings (SSSR count). The average molecular weight is 252 g/mol. The van der Waals surface area contributed by atoms with Gasteiger partial charge in [-0.1, -0.05) is 43.3 Å². The van der Waals surface area contributed by atoms with Crippen molar-refractivity contribution in [3.8, 4) is 0 Å². The number of carbonyl (C=O) groups excluding carboxylic acids is 1. The van der Waals surface area contributed by atoms with Crippen LogP contribution in [0.1, 0.15) is 39.5 Å². The van der Waals surface area contributed by atoms with Gasteiger partial charge in [0, 0.05) is 12.0 Å². The maximum atomic E-state index is 12.3. The Morgan fingerprint density at radius 2 is 1.74 bits per heavy atom. The lowest BCUT2D eigenvalue weighted by Crippen LogP contribution is -2.04. The molecule has 0 saturated heterocycles. The highest BCUT2D eigenvalue weighted by molar-refractivity contribution is 5.97. The van der Waals surface area contributed by atoms with Gasteiger partial charge in [-0.2, -0.15) is 0 Å². The first-order valence-electron chi connectivity index (χ1n) is 6.78. The van der Waals surface area contributed by atoms with Crippen molar-refractivity contribution in [3.63, 3.8) is 0 Å². The highest BCUT2D eigenvalue weighted by Gasteiger charge is 2.08. The molecule has 0 radical (unpaired) electrons. The molecule has 19 heavy (non-hydrogen) atoms. The van der Waals surface area contributed by atoms with Gasteiger partial charge in [0.25, 0.3) is 0 Å². The summed E-state index contributed by atoms with van der Waals surface area (Å²) in [6.07, 6.45) is 1.44. The van der Waals surface area contributed by atoms with Crippen molar-refractivity contribution in [2.24, 2.45) is 0 Å². The molecule has 0 spiro atoms. The molecule has 0 aliphatic heterocycles. The number of carbonyl (C=O) groups is 1. The van der Waals surface area contributed by atoms with Crippen LogP contribution in [0.3, 0.4) is 0 Å². The van der Waals surface area contributed by atoms with Crippen molar-refractivity contribution >= 4 is 5.78 Å². The van der Waals surface area contributed by atoms with Gasteiger partial charge in [-0.15, -0.1) is 0 Å². The van der Waals surface area contributed by atoms with E-state index in [0.29, 0.717) is 6.42 Å². The molecule has 2 aromatic carbocycles. The summed E-state index contributed by atoms with van der Waals surface area (Å²) >= 11 is 0. The average Bonchev–Trinajstić information content (AvgIpc) is 2.43. The van der Waals surface area contributed by atoms with Gasteiger partial charge in [-0.25, -0.2) is 0 Å². The topological polar surface area (TPSA) is 17.1 Å².